The van der Waals surface area contributed by atoms with Crippen molar-refractivity contribution in [3.63, 3.8) is 0 Å². The molecule has 1 aromatic rings. The van der Waals surface area contributed by atoms with E-state index in [9.17, 15) is 14.4 Å². The van der Waals surface area contributed by atoms with Crippen molar-refractivity contribution in [2.75, 3.05) is 6.54 Å². The van der Waals surface area contributed by atoms with E-state index in [1.54, 1.807) is 24.3 Å². The van der Waals surface area contributed by atoms with Crippen LogP contribution >= 0.6 is 0 Å². The maximum atomic E-state index is 13.1. The Bertz CT molecular complexity index is 696. The molecule has 4 bridgehead atoms. The van der Waals surface area contributed by atoms with Gasteiger partial charge in [0.2, 0.25) is 0 Å². The van der Waals surface area contributed by atoms with Crippen molar-refractivity contribution >= 4 is 17.6 Å². The smallest absolute Gasteiger partial charge is 0.261 e. The molecule has 2 amide bonds. The highest BCUT2D eigenvalue weighted by molar-refractivity contribution is 6.22. The number of ketones is 1. The van der Waals surface area contributed by atoms with Crippen LogP contribution in [0.25, 0.3) is 0 Å². The van der Waals surface area contributed by atoms with Crippen molar-refractivity contribution in [2.24, 2.45) is 23.2 Å². The first-order valence-electron chi connectivity index (χ1n) is 9.04. The minimum absolute atomic E-state index is 0.0431. The summed E-state index contributed by atoms with van der Waals surface area (Å²) in [6.45, 7) is -0.0431. The van der Waals surface area contributed by atoms with Gasteiger partial charge in [-0.05, 0) is 68.4 Å². The predicted octanol–water partition coefficient (Wildman–Crippen LogP) is 3.07. The molecule has 4 fully saturated rings. The maximum absolute atomic E-state index is 13.1. The number of benzene rings is 1. The highest BCUT2D eigenvalue weighted by atomic mass is 16.2. The van der Waals surface area contributed by atoms with Gasteiger partial charge in [0.15, 0.2) is 5.78 Å². The Labute approximate surface area is 141 Å². The van der Waals surface area contributed by atoms with Gasteiger partial charge in [0, 0.05) is 5.41 Å². The zero-order chi connectivity index (χ0) is 16.5. The SMILES string of the molecule is O=C1c2ccccc2C(=O)N1CC(=O)C12CC3CC(CC(C3)C1)C2. The van der Waals surface area contributed by atoms with E-state index in [0.29, 0.717) is 28.9 Å². The van der Waals surface area contributed by atoms with Crippen LogP contribution in [-0.2, 0) is 4.79 Å². The zero-order valence-corrected chi connectivity index (χ0v) is 13.7. The number of nitrogens with zero attached hydrogens (tertiary/aromatic N) is 1. The molecule has 0 radical (unpaired) electrons. The standard InChI is InChI=1S/C20H21NO3/c22-17(20-8-12-5-13(9-20)7-14(6-12)10-20)11-21-18(23)15-3-1-2-4-16(15)19(21)24/h1-4,12-14H,5-11H2. The first-order valence-corrected chi connectivity index (χ1v) is 9.04. The Hall–Kier alpha value is -1.97. The average Bonchev–Trinajstić information content (AvgIpc) is 2.79. The summed E-state index contributed by atoms with van der Waals surface area (Å²) in [6.07, 6.45) is 6.75. The summed E-state index contributed by atoms with van der Waals surface area (Å²) in [7, 11) is 0. The third kappa shape index (κ3) is 1.89. The fourth-order valence-electron chi connectivity index (χ4n) is 6.15. The lowest BCUT2D eigenvalue weighted by Gasteiger charge is -2.56. The molecule has 0 atom stereocenters. The molecule has 4 nitrogen and oxygen atoms in total. The number of carbonyl (C=O) groups excluding carboxylic acids is 3. The van der Waals surface area contributed by atoms with Crippen molar-refractivity contribution < 1.29 is 14.4 Å². The summed E-state index contributed by atoms with van der Waals surface area (Å²) in [5, 5.41) is 0. The average molecular weight is 323 g/mol. The Morgan fingerprint density at radius 3 is 1.83 bits per heavy atom. The van der Waals surface area contributed by atoms with Crippen LogP contribution in [0.2, 0.25) is 0 Å². The Balaban J connectivity index is 1.40. The molecule has 0 unspecified atom stereocenters. The van der Waals surface area contributed by atoms with Gasteiger partial charge in [-0.25, -0.2) is 0 Å². The maximum Gasteiger partial charge on any atom is 0.261 e. The third-order valence-corrected chi connectivity index (χ3v) is 6.81. The van der Waals surface area contributed by atoms with E-state index in [1.807, 2.05) is 0 Å². The van der Waals surface area contributed by atoms with Gasteiger partial charge in [-0.1, -0.05) is 12.1 Å². The van der Waals surface area contributed by atoms with Crippen LogP contribution in [0.4, 0.5) is 0 Å². The van der Waals surface area contributed by atoms with Crippen molar-refractivity contribution in [2.45, 2.75) is 38.5 Å². The number of fused-ring (bicyclic) bond motifs is 1. The molecule has 1 aromatic carbocycles. The number of carbonyl (C=O) groups is 3. The molecule has 0 spiro atoms. The molecule has 6 rings (SSSR count). The number of amides is 2. The summed E-state index contributed by atoms with van der Waals surface area (Å²) < 4.78 is 0. The van der Waals surface area contributed by atoms with Crippen molar-refractivity contribution in [1.82, 2.24) is 4.90 Å². The Kier molecular flexibility index (Phi) is 2.86. The first kappa shape index (κ1) is 14.4. The topological polar surface area (TPSA) is 54.5 Å². The van der Waals surface area contributed by atoms with Crippen molar-refractivity contribution in [3.8, 4) is 0 Å². The zero-order valence-electron chi connectivity index (χ0n) is 13.7. The minimum Gasteiger partial charge on any atom is -0.297 e. The molecular weight excluding hydrogens is 302 g/mol. The molecule has 4 aliphatic carbocycles. The number of Topliss-reactive ketones (excluding diaryl/α,β-unsaturated/α-hetero) is 1. The quantitative estimate of drug-likeness (QED) is 0.803. The van der Waals surface area contributed by atoms with E-state index in [1.165, 1.54) is 24.2 Å². The summed E-state index contributed by atoms with van der Waals surface area (Å²) in [6, 6.07) is 6.86. The van der Waals surface area contributed by atoms with Crippen LogP contribution in [0.15, 0.2) is 24.3 Å². The number of hydrogen-bond donors (Lipinski definition) is 0. The minimum atomic E-state index is -0.311. The van der Waals surface area contributed by atoms with Gasteiger partial charge in [0.25, 0.3) is 11.8 Å². The number of imide groups is 1. The fraction of sp³-hybridized carbons (Fsp3) is 0.550. The molecule has 4 heteroatoms. The number of rotatable bonds is 3. The molecule has 1 heterocycles. The molecule has 124 valence electrons. The summed E-state index contributed by atoms with van der Waals surface area (Å²) in [5.41, 5.74) is 0.603. The van der Waals surface area contributed by atoms with Crippen molar-refractivity contribution in [3.05, 3.63) is 35.4 Å². The molecule has 1 aliphatic heterocycles. The second-order valence-electron chi connectivity index (χ2n) is 8.36. The summed E-state index contributed by atoms with van der Waals surface area (Å²) in [4.78, 5) is 39.4. The van der Waals surface area contributed by atoms with E-state index in [0.717, 1.165) is 19.3 Å². The van der Waals surface area contributed by atoms with Gasteiger partial charge in [0.1, 0.15) is 0 Å². The Morgan fingerprint density at radius 2 is 1.38 bits per heavy atom. The molecule has 5 aliphatic rings. The van der Waals surface area contributed by atoms with E-state index in [-0.39, 0.29) is 29.6 Å². The molecule has 0 N–H and O–H groups in total. The van der Waals surface area contributed by atoms with Crippen LogP contribution < -0.4 is 0 Å². The normalized spacial score (nSPS) is 36.3. The lowest BCUT2D eigenvalue weighted by atomic mass is 9.48. The Morgan fingerprint density at radius 1 is 0.917 bits per heavy atom. The summed E-state index contributed by atoms with van der Waals surface area (Å²) in [5.74, 6) is 1.55. The molecule has 0 saturated heterocycles. The van der Waals surface area contributed by atoms with Gasteiger partial charge in [-0.3, -0.25) is 19.3 Å². The van der Waals surface area contributed by atoms with E-state index in [2.05, 4.69) is 0 Å². The second kappa shape index (κ2) is 4.78. The van der Waals surface area contributed by atoms with E-state index < -0.39 is 0 Å². The van der Waals surface area contributed by atoms with E-state index >= 15 is 0 Å². The van der Waals surface area contributed by atoms with Crippen molar-refractivity contribution in [1.29, 1.82) is 0 Å². The molecule has 0 aromatic heterocycles. The molecular formula is C20H21NO3. The van der Waals surface area contributed by atoms with Gasteiger partial charge >= 0.3 is 0 Å². The molecule has 4 saturated carbocycles. The van der Waals surface area contributed by atoms with Crippen LogP contribution in [0, 0.1) is 23.2 Å². The third-order valence-electron chi connectivity index (χ3n) is 6.81. The summed E-state index contributed by atoms with van der Waals surface area (Å²) >= 11 is 0. The van der Waals surface area contributed by atoms with Crippen LogP contribution in [-0.4, -0.2) is 29.0 Å². The van der Waals surface area contributed by atoms with Gasteiger partial charge < -0.3 is 0 Å². The van der Waals surface area contributed by atoms with E-state index in [4.69, 9.17) is 0 Å². The lowest BCUT2D eigenvalue weighted by molar-refractivity contribution is -0.144. The van der Waals surface area contributed by atoms with Gasteiger partial charge in [-0.2, -0.15) is 0 Å². The molecule has 24 heavy (non-hydrogen) atoms. The monoisotopic (exact) mass is 323 g/mol. The van der Waals surface area contributed by atoms with Gasteiger partial charge in [0.05, 0.1) is 17.7 Å². The highest BCUT2D eigenvalue weighted by Crippen LogP contribution is 2.60. The second-order valence-corrected chi connectivity index (χ2v) is 8.36. The van der Waals surface area contributed by atoms with Crippen LogP contribution in [0.5, 0.6) is 0 Å². The van der Waals surface area contributed by atoms with Gasteiger partial charge in [-0.15, -0.1) is 0 Å². The highest BCUT2D eigenvalue weighted by Gasteiger charge is 2.55. The first-order chi connectivity index (χ1) is 11.6. The largest absolute Gasteiger partial charge is 0.297 e. The van der Waals surface area contributed by atoms with Crippen LogP contribution in [0.3, 0.4) is 0 Å². The fourth-order valence-corrected chi connectivity index (χ4v) is 6.15. The lowest BCUT2D eigenvalue weighted by Crippen LogP contribution is -2.53. The predicted molar refractivity (Wildman–Crippen MR) is 87.4 cm³/mol. The van der Waals surface area contributed by atoms with Crippen LogP contribution in [0.1, 0.15) is 59.2 Å². The number of hydrogen-bond acceptors (Lipinski definition) is 3.